The van der Waals surface area contributed by atoms with Crippen LogP contribution in [-0.4, -0.2) is 17.4 Å². The standard InChI is InChI=1S/C15H19FN2OS/c1-2-18(12-8-4-3-7-11(12)16)14(19)15(13(17)20)9-5-6-10-15/h3-4,7-8H,2,5-6,9-10H2,1H3,(H2,17,20). The Morgan fingerprint density at radius 2 is 2.00 bits per heavy atom. The molecular formula is C15H19FN2OS. The van der Waals surface area contributed by atoms with Gasteiger partial charge >= 0.3 is 0 Å². The van der Waals surface area contributed by atoms with Crippen LogP contribution in [0.3, 0.4) is 0 Å². The lowest BCUT2D eigenvalue weighted by Crippen LogP contribution is -2.49. The summed E-state index contributed by atoms with van der Waals surface area (Å²) in [5, 5.41) is 0. The SMILES string of the molecule is CCN(C(=O)C1(C(N)=S)CCCC1)c1ccccc1F. The first-order valence-electron chi connectivity index (χ1n) is 6.89. The van der Waals surface area contributed by atoms with Crippen molar-refractivity contribution in [2.24, 2.45) is 11.1 Å². The van der Waals surface area contributed by atoms with E-state index in [2.05, 4.69) is 0 Å². The molecule has 2 N–H and O–H groups in total. The molecule has 108 valence electrons. The lowest BCUT2D eigenvalue weighted by atomic mass is 9.84. The van der Waals surface area contributed by atoms with Gasteiger partial charge in [-0.2, -0.15) is 0 Å². The fourth-order valence-electron chi connectivity index (χ4n) is 2.90. The van der Waals surface area contributed by atoms with E-state index < -0.39 is 11.2 Å². The Labute approximate surface area is 123 Å². The first-order valence-corrected chi connectivity index (χ1v) is 7.30. The Morgan fingerprint density at radius 3 is 2.50 bits per heavy atom. The second kappa shape index (κ2) is 5.87. The molecular weight excluding hydrogens is 275 g/mol. The fourth-order valence-corrected chi connectivity index (χ4v) is 3.19. The molecule has 1 aliphatic rings. The molecule has 0 atom stereocenters. The molecule has 0 saturated heterocycles. The van der Waals surface area contributed by atoms with Crippen LogP contribution in [0.1, 0.15) is 32.6 Å². The predicted octanol–water partition coefficient (Wildman–Crippen LogP) is 3.03. The van der Waals surface area contributed by atoms with Gasteiger partial charge in [0.05, 0.1) is 16.1 Å². The molecule has 1 aromatic rings. The van der Waals surface area contributed by atoms with Crippen molar-refractivity contribution in [1.82, 2.24) is 0 Å². The largest absolute Gasteiger partial charge is 0.392 e. The zero-order valence-electron chi connectivity index (χ0n) is 11.6. The van der Waals surface area contributed by atoms with Crippen molar-refractivity contribution in [3.05, 3.63) is 30.1 Å². The van der Waals surface area contributed by atoms with Crippen molar-refractivity contribution in [2.45, 2.75) is 32.6 Å². The number of carbonyl (C=O) groups excluding carboxylic acids is 1. The van der Waals surface area contributed by atoms with Crippen molar-refractivity contribution in [3.63, 3.8) is 0 Å². The highest BCUT2D eigenvalue weighted by molar-refractivity contribution is 7.80. The maximum atomic E-state index is 13.9. The van der Waals surface area contributed by atoms with E-state index in [-0.39, 0.29) is 10.9 Å². The summed E-state index contributed by atoms with van der Waals surface area (Å²) in [5.41, 5.74) is 5.33. The van der Waals surface area contributed by atoms with Gasteiger partial charge < -0.3 is 10.6 Å². The van der Waals surface area contributed by atoms with Crippen LogP contribution in [0.25, 0.3) is 0 Å². The van der Waals surface area contributed by atoms with Crippen LogP contribution in [-0.2, 0) is 4.79 Å². The Hall–Kier alpha value is -1.49. The number of hydrogen-bond acceptors (Lipinski definition) is 2. The first-order chi connectivity index (χ1) is 9.53. The highest BCUT2D eigenvalue weighted by Gasteiger charge is 2.46. The highest BCUT2D eigenvalue weighted by atomic mass is 32.1. The predicted molar refractivity (Wildman–Crippen MR) is 82.1 cm³/mol. The summed E-state index contributed by atoms with van der Waals surface area (Å²) in [4.78, 5) is 14.6. The summed E-state index contributed by atoms with van der Waals surface area (Å²) < 4.78 is 13.9. The number of thiocarbonyl (C=S) groups is 1. The topological polar surface area (TPSA) is 46.3 Å². The summed E-state index contributed by atoms with van der Waals surface area (Å²) >= 11 is 5.13. The number of nitrogens with two attached hydrogens (primary N) is 1. The molecule has 1 fully saturated rings. The van der Waals surface area contributed by atoms with Gasteiger partial charge in [0.1, 0.15) is 5.82 Å². The minimum Gasteiger partial charge on any atom is -0.392 e. The summed E-state index contributed by atoms with van der Waals surface area (Å²) in [5.74, 6) is -0.575. The Balaban J connectivity index is 2.39. The number of hydrogen-bond donors (Lipinski definition) is 1. The van der Waals surface area contributed by atoms with Gasteiger partial charge in [0, 0.05) is 6.54 Å². The molecule has 0 heterocycles. The lowest BCUT2D eigenvalue weighted by Gasteiger charge is -2.33. The summed E-state index contributed by atoms with van der Waals surface area (Å²) in [6, 6.07) is 6.29. The van der Waals surface area contributed by atoms with Crippen LogP contribution in [0, 0.1) is 11.2 Å². The molecule has 0 unspecified atom stereocenters. The number of amides is 1. The molecule has 2 rings (SSSR count). The summed E-state index contributed by atoms with van der Waals surface area (Å²) in [7, 11) is 0. The van der Waals surface area contributed by atoms with E-state index >= 15 is 0 Å². The summed E-state index contributed by atoms with van der Waals surface area (Å²) in [6.07, 6.45) is 3.17. The van der Waals surface area contributed by atoms with E-state index in [0.717, 1.165) is 12.8 Å². The average Bonchev–Trinajstić information content (AvgIpc) is 2.92. The molecule has 3 nitrogen and oxygen atoms in total. The molecule has 1 aromatic carbocycles. The van der Waals surface area contributed by atoms with Gasteiger partial charge in [-0.1, -0.05) is 37.2 Å². The molecule has 1 saturated carbocycles. The quantitative estimate of drug-likeness (QED) is 0.868. The zero-order valence-corrected chi connectivity index (χ0v) is 12.4. The van der Waals surface area contributed by atoms with Gasteiger partial charge in [0.15, 0.2) is 0 Å². The number of halogens is 1. The third-order valence-corrected chi connectivity index (χ3v) is 4.43. The van der Waals surface area contributed by atoms with Gasteiger partial charge in [-0.3, -0.25) is 4.79 Å². The number of rotatable bonds is 4. The van der Waals surface area contributed by atoms with E-state index in [1.165, 1.54) is 11.0 Å². The van der Waals surface area contributed by atoms with Crippen molar-refractivity contribution in [2.75, 3.05) is 11.4 Å². The molecule has 1 aliphatic carbocycles. The van der Waals surface area contributed by atoms with Crippen LogP contribution in [0.15, 0.2) is 24.3 Å². The number of para-hydroxylation sites is 1. The van der Waals surface area contributed by atoms with Crippen LogP contribution >= 0.6 is 12.2 Å². The van der Waals surface area contributed by atoms with Crippen LogP contribution < -0.4 is 10.6 Å². The van der Waals surface area contributed by atoms with Gasteiger partial charge in [0.2, 0.25) is 5.91 Å². The van der Waals surface area contributed by atoms with Gasteiger partial charge in [-0.15, -0.1) is 0 Å². The van der Waals surface area contributed by atoms with Crippen LogP contribution in [0.2, 0.25) is 0 Å². The summed E-state index contributed by atoms with van der Waals surface area (Å²) in [6.45, 7) is 2.22. The van der Waals surface area contributed by atoms with E-state index in [4.69, 9.17) is 18.0 Å². The van der Waals surface area contributed by atoms with E-state index in [1.54, 1.807) is 18.2 Å². The molecule has 0 bridgehead atoms. The Bertz CT molecular complexity index is 526. The second-order valence-corrected chi connectivity index (χ2v) is 5.59. The van der Waals surface area contributed by atoms with Gasteiger partial charge in [0.25, 0.3) is 0 Å². The fraction of sp³-hybridized carbons (Fsp3) is 0.467. The monoisotopic (exact) mass is 294 g/mol. The Morgan fingerprint density at radius 1 is 1.40 bits per heavy atom. The number of benzene rings is 1. The minimum absolute atomic E-state index is 0.171. The number of nitrogens with zero attached hydrogens (tertiary/aromatic N) is 1. The first kappa shape index (κ1) is 14.9. The molecule has 0 radical (unpaired) electrons. The third-order valence-electron chi connectivity index (χ3n) is 4.04. The maximum Gasteiger partial charge on any atom is 0.240 e. The smallest absolute Gasteiger partial charge is 0.240 e. The maximum absolute atomic E-state index is 13.9. The lowest BCUT2D eigenvalue weighted by molar-refractivity contribution is -0.124. The Kier molecular flexibility index (Phi) is 4.38. The van der Waals surface area contributed by atoms with Crippen LogP contribution in [0.5, 0.6) is 0 Å². The van der Waals surface area contributed by atoms with Crippen LogP contribution in [0.4, 0.5) is 10.1 Å². The van der Waals surface area contributed by atoms with E-state index in [9.17, 15) is 9.18 Å². The number of anilines is 1. The molecule has 20 heavy (non-hydrogen) atoms. The molecule has 5 heteroatoms. The highest BCUT2D eigenvalue weighted by Crippen LogP contribution is 2.41. The molecule has 1 amide bonds. The minimum atomic E-state index is -0.798. The molecule has 0 aromatic heterocycles. The number of carbonyl (C=O) groups is 1. The normalized spacial score (nSPS) is 16.9. The van der Waals surface area contributed by atoms with Gasteiger partial charge in [-0.05, 0) is 31.9 Å². The zero-order chi connectivity index (χ0) is 14.8. The van der Waals surface area contributed by atoms with Crippen molar-refractivity contribution in [1.29, 1.82) is 0 Å². The van der Waals surface area contributed by atoms with Crippen molar-refractivity contribution in [3.8, 4) is 0 Å². The average molecular weight is 294 g/mol. The van der Waals surface area contributed by atoms with E-state index in [1.807, 2.05) is 6.92 Å². The molecule has 0 aliphatic heterocycles. The van der Waals surface area contributed by atoms with Crippen molar-refractivity contribution >= 4 is 28.8 Å². The van der Waals surface area contributed by atoms with Crippen molar-refractivity contribution < 1.29 is 9.18 Å². The molecule has 0 spiro atoms. The van der Waals surface area contributed by atoms with E-state index in [0.29, 0.717) is 25.1 Å². The third kappa shape index (κ3) is 2.42. The second-order valence-electron chi connectivity index (χ2n) is 5.15. The van der Waals surface area contributed by atoms with Gasteiger partial charge in [-0.25, -0.2) is 4.39 Å².